The minimum absolute atomic E-state index is 0.0414. The van der Waals surface area contributed by atoms with Gasteiger partial charge in [0.1, 0.15) is 5.01 Å². The Morgan fingerprint density at radius 3 is 2.82 bits per heavy atom. The third-order valence-electron chi connectivity index (χ3n) is 4.04. The molecule has 0 aromatic carbocycles. The molecule has 2 rings (SSSR count). The van der Waals surface area contributed by atoms with Crippen LogP contribution in [0.15, 0.2) is 11.6 Å². The Hall–Kier alpha value is -0.450. The first-order chi connectivity index (χ1) is 8.12. The summed E-state index contributed by atoms with van der Waals surface area (Å²) in [7, 11) is 1.75. The van der Waals surface area contributed by atoms with Gasteiger partial charge in [-0.25, -0.2) is 4.98 Å². The van der Waals surface area contributed by atoms with Crippen LogP contribution in [0.1, 0.15) is 38.1 Å². The number of methoxy groups -OCH3 is 1. The number of thiazole rings is 1. The second kappa shape index (κ2) is 5.04. The van der Waals surface area contributed by atoms with Gasteiger partial charge in [0, 0.05) is 25.2 Å². The summed E-state index contributed by atoms with van der Waals surface area (Å²) in [6.07, 6.45) is 5.62. The third kappa shape index (κ3) is 2.26. The molecule has 0 saturated heterocycles. The van der Waals surface area contributed by atoms with E-state index in [4.69, 9.17) is 4.74 Å². The fourth-order valence-corrected chi connectivity index (χ4v) is 3.97. The highest BCUT2D eigenvalue weighted by Gasteiger charge is 2.51. The van der Waals surface area contributed by atoms with Gasteiger partial charge in [-0.1, -0.05) is 20.3 Å². The lowest BCUT2D eigenvalue weighted by atomic mass is 9.75. The molecule has 1 aromatic heterocycles. The van der Waals surface area contributed by atoms with E-state index in [9.17, 15) is 0 Å². The van der Waals surface area contributed by atoms with Crippen LogP contribution < -0.4 is 5.32 Å². The van der Waals surface area contributed by atoms with Crippen LogP contribution in [-0.2, 0) is 10.3 Å². The summed E-state index contributed by atoms with van der Waals surface area (Å²) in [6, 6.07) is 0. The summed E-state index contributed by atoms with van der Waals surface area (Å²) >= 11 is 1.76. The van der Waals surface area contributed by atoms with Crippen LogP contribution in [0.4, 0.5) is 0 Å². The Morgan fingerprint density at radius 2 is 2.29 bits per heavy atom. The van der Waals surface area contributed by atoms with E-state index in [1.165, 1.54) is 24.3 Å². The molecule has 4 heteroatoms. The average molecular weight is 254 g/mol. The van der Waals surface area contributed by atoms with E-state index < -0.39 is 0 Å². The van der Waals surface area contributed by atoms with Crippen molar-refractivity contribution in [3.05, 3.63) is 16.6 Å². The summed E-state index contributed by atoms with van der Waals surface area (Å²) in [4.78, 5) is 4.56. The van der Waals surface area contributed by atoms with Gasteiger partial charge in [0.05, 0.1) is 12.1 Å². The Morgan fingerprint density at radius 1 is 1.47 bits per heavy atom. The normalized spacial score (nSPS) is 27.5. The molecule has 1 aliphatic rings. The van der Waals surface area contributed by atoms with Crippen LogP contribution in [0.5, 0.6) is 0 Å². The van der Waals surface area contributed by atoms with E-state index in [1.54, 1.807) is 18.4 Å². The van der Waals surface area contributed by atoms with Crippen molar-refractivity contribution in [3.8, 4) is 0 Å². The molecule has 3 nitrogen and oxygen atoms in total. The first-order valence-electron chi connectivity index (χ1n) is 6.26. The standard InChI is InChI=1S/C13H22N2OS/c1-12(2)5-4-6-13(12,15-7-9-16-3)11-14-8-10-17-11/h8,10,15H,4-7,9H2,1-3H3. The third-order valence-corrected chi connectivity index (χ3v) is 4.97. The summed E-state index contributed by atoms with van der Waals surface area (Å²) in [5, 5.41) is 7.02. The van der Waals surface area contributed by atoms with Crippen LogP contribution in [-0.4, -0.2) is 25.2 Å². The summed E-state index contributed by atoms with van der Waals surface area (Å²) in [5.74, 6) is 0. The molecule has 1 unspecified atom stereocenters. The number of hydrogen-bond acceptors (Lipinski definition) is 4. The molecular weight excluding hydrogens is 232 g/mol. The Labute approximate surface area is 108 Å². The molecule has 1 fully saturated rings. The molecule has 0 spiro atoms. The molecule has 0 aliphatic heterocycles. The van der Waals surface area contributed by atoms with Gasteiger partial charge >= 0.3 is 0 Å². The molecule has 1 N–H and O–H groups in total. The highest BCUT2D eigenvalue weighted by atomic mass is 32.1. The predicted octanol–water partition coefficient (Wildman–Crippen LogP) is 2.78. The van der Waals surface area contributed by atoms with E-state index in [1.807, 2.05) is 6.20 Å². The summed E-state index contributed by atoms with van der Waals surface area (Å²) in [6.45, 7) is 6.34. The first kappa shape index (κ1) is 13.0. The Kier molecular flexibility index (Phi) is 3.85. The molecule has 1 saturated carbocycles. The van der Waals surface area contributed by atoms with E-state index in [0.717, 1.165) is 13.2 Å². The van der Waals surface area contributed by atoms with Gasteiger partial charge in [-0.2, -0.15) is 0 Å². The maximum absolute atomic E-state index is 5.15. The smallest absolute Gasteiger partial charge is 0.113 e. The molecule has 1 aromatic rings. The molecule has 0 radical (unpaired) electrons. The van der Waals surface area contributed by atoms with Crippen molar-refractivity contribution in [1.29, 1.82) is 0 Å². The van der Waals surface area contributed by atoms with Crippen molar-refractivity contribution in [2.45, 2.75) is 38.6 Å². The predicted molar refractivity (Wildman–Crippen MR) is 71.3 cm³/mol. The van der Waals surface area contributed by atoms with Crippen molar-refractivity contribution >= 4 is 11.3 Å². The molecular formula is C13H22N2OS. The van der Waals surface area contributed by atoms with Gasteiger partial charge in [-0.15, -0.1) is 11.3 Å². The molecule has 1 aliphatic carbocycles. The van der Waals surface area contributed by atoms with Crippen LogP contribution in [0, 0.1) is 5.41 Å². The van der Waals surface area contributed by atoms with Crippen molar-refractivity contribution < 1.29 is 4.74 Å². The van der Waals surface area contributed by atoms with Gasteiger partial charge in [-0.3, -0.25) is 0 Å². The Balaban J connectivity index is 2.23. The van der Waals surface area contributed by atoms with E-state index in [-0.39, 0.29) is 11.0 Å². The Bertz CT molecular complexity index is 350. The fourth-order valence-electron chi connectivity index (χ4n) is 2.95. The number of aromatic nitrogens is 1. The maximum Gasteiger partial charge on any atom is 0.113 e. The lowest BCUT2D eigenvalue weighted by Gasteiger charge is -2.41. The number of nitrogens with one attached hydrogen (secondary N) is 1. The van der Waals surface area contributed by atoms with Gasteiger partial charge in [0.15, 0.2) is 0 Å². The van der Waals surface area contributed by atoms with Crippen molar-refractivity contribution in [2.75, 3.05) is 20.3 Å². The molecule has 1 atom stereocenters. The largest absolute Gasteiger partial charge is 0.383 e. The number of rotatable bonds is 5. The first-order valence-corrected chi connectivity index (χ1v) is 7.14. The van der Waals surface area contributed by atoms with Gasteiger partial charge < -0.3 is 10.1 Å². The van der Waals surface area contributed by atoms with Crippen molar-refractivity contribution in [1.82, 2.24) is 10.3 Å². The number of nitrogens with zero attached hydrogens (tertiary/aromatic N) is 1. The zero-order valence-corrected chi connectivity index (χ0v) is 11.8. The average Bonchev–Trinajstić information content (AvgIpc) is 2.88. The lowest BCUT2D eigenvalue weighted by molar-refractivity contribution is 0.129. The minimum Gasteiger partial charge on any atom is -0.383 e. The molecule has 1 heterocycles. The molecule has 0 bridgehead atoms. The monoisotopic (exact) mass is 254 g/mol. The summed E-state index contributed by atoms with van der Waals surface area (Å²) < 4.78 is 5.15. The van der Waals surface area contributed by atoms with Gasteiger partial charge in [0.25, 0.3) is 0 Å². The minimum atomic E-state index is 0.0414. The van der Waals surface area contributed by atoms with E-state index in [0.29, 0.717) is 0 Å². The molecule has 17 heavy (non-hydrogen) atoms. The maximum atomic E-state index is 5.15. The lowest BCUT2D eigenvalue weighted by Crippen LogP contribution is -2.50. The number of ether oxygens (including phenoxy) is 1. The van der Waals surface area contributed by atoms with Crippen LogP contribution >= 0.6 is 11.3 Å². The summed E-state index contributed by atoms with van der Waals surface area (Å²) in [5.41, 5.74) is 0.304. The molecule has 0 amide bonds. The van der Waals surface area contributed by atoms with Crippen LogP contribution in [0.25, 0.3) is 0 Å². The second-order valence-electron chi connectivity index (χ2n) is 5.40. The van der Waals surface area contributed by atoms with E-state index >= 15 is 0 Å². The van der Waals surface area contributed by atoms with Crippen molar-refractivity contribution in [3.63, 3.8) is 0 Å². The zero-order chi connectivity index (χ0) is 12.4. The van der Waals surface area contributed by atoms with Crippen molar-refractivity contribution in [2.24, 2.45) is 5.41 Å². The van der Waals surface area contributed by atoms with Crippen LogP contribution in [0.3, 0.4) is 0 Å². The fraction of sp³-hybridized carbons (Fsp3) is 0.769. The zero-order valence-electron chi connectivity index (χ0n) is 11.0. The molecule has 96 valence electrons. The van der Waals surface area contributed by atoms with Gasteiger partial charge in [-0.05, 0) is 18.3 Å². The van der Waals surface area contributed by atoms with Crippen LogP contribution in [0.2, 0.25) is 0 Å². The SMILES string of the molecule is COCCNC1(c2nccs2)CCCC1(C)C. The topological polar surface area (TPSA) is 34.1 Å². The second-order valence-corrected chi connectivity index (χ2v) is 6.29. The highest BCUT2D eigenvalue weighted by Crippen LogP contribution is 2.52. The van der Waals surface area contributed by atoms with Gasteiger partial charge in [0.2, 0.25) is 0 Å². The van der Waals surface area contributed by atoms with E-state index in [2.05, 4.69) is 29.5 Å². The quantitative estimate of drug-likeness (QED) is 0.820. The number of hydrogen-bond donors (Lipinski definition) is 1. The highest BCUT2D eigenvalue weighted by molar-refractivity contribution is 7.09.